The molecule has 7 heteroatoms. The van der Waals surface area contributed by atoms with Crippen LogP contribution in [-0.4, -0.2) is 50.4 Å². The van der Waals surface area contributed by atoms with Gasteiger partial charge in [0.25, 0.3) is 5.91 Å². The fraction of sp³-hybridized carbons (Fsp3) is 0.500. The van der Waals surface area contributed by atoms with Crippen molar-refractivity contribution >= 4 is 23.3 Å². The second kappa shape index (κ2) is 6.70. The van der Waals surface area contributed by atoms with Crippen molar-refractivity contribution in [2.24, 2.45) is 0 Å². The Morgan fingerprint density at radius 3 is 3.05 bits per heavy atom. The van der Waals surface area contributed by atoms with Crippen LogP contribution in [0.2, 0.25) is 5.15 Å². The third-order valence-corrected chi connectivity index (χ3v) is 2.88. The molecule has 1 aliphatic heterocycles. The molecule has 0 aliphatic carbocycles. The molecular formula is C12H16ClN3O3. The molecule has 2 N–H and O–H groups in total. The molecule has 0 spiro atoms. The fourth-order valence-corrected chi connectivity index (χ4v) is 1.93. The normalized spacial score (nSPS) is 18.9. The van der Waals surface area contributed by atoms with E-state index in [0.29, 0.717) is 37.7 Å². The summed E-state index contributed by atoms with van der Waals surface area (Å²) in [6.07, 6.45) is -0.0984. The number of nitrogens with zero attached hydrogens (tertiary/aromatic N) is 1. The van der Waals surface area contributed by atoms with Crippen molar-refractivity contribution in [2.45, 2.75) is 6.10 Å². The first kappa shape index (κ1) is 14.0. The fourth-order valence-electron chi connectivity index (χ4n) is 1.72. The lowest BCUT2D eigenvalue weighted by molar-refractivity contribution is -0.0855. The Morgan fingerprint density at radius 1 is 1.53 bits per heavy atom. The topological polar surface area (TPSA) is 72.5 Å². The minimum atomic E-state index is -0.213. The number of anilines is 1. The van der Waals surface area contributed by atoms with E-state index in [1.165, 1.54) is 6.07 Å². The molecular weight excluding hydrogens is 270 g/mol. The molecule has 1 unspecified atom stereocenters. The van der Waals surface area contributed by atoms with Crippen LogP contribution in [0.5, 0.6) is 0 Å². The van der Waals surface area contributed by atoms with Gasteiger partial charge in [-0.2, -0.15) is 0 Å². The largest absolute Gasteiger partial charge is 0.376 e. The predicted molar refractivity (Wildman–Crippen MR) is 71.7 cm³/mol. The standard InChI is InChI=1S/C12H16ClN3O3/c1-14-11-5-8(4-10(13)16-11)12(17)15-6-9-7-18-2-3-19-9/h4-5,9H,2-3,6-7H2,1H3,(H,14,16)(H,15,17). The summed E-state index contributed by atoms with van der Waals surface area (Å²) >= 11 is 5.85. The number of nitrogens with one attached hydrogen (secondary N) is 2. The van der Waals surface area contributed by atoms with Gasteiger partial charge >= 0.3 is 0 Å². The Hall–Kier alpha value is -1.37. The van der Waals surface area contributed by atoms with Crippen molar-refractivity contribution in [3.05, 3.63) is 22.8 Å². The van der Waals surface area contributed by atoms with E-state index in [1.807, 2.05) is 0 Å². The van der Waals surface area contributed by atoms with Gasteiger partial charge in [-0.3, -0.25) is 4.79 Å². The molecule has 104 valence electrons. The summed E-state index contributed by atoms with van der Waals surface area (Å²) in [5.74, 6) is 0.338. The van der Waals surface area contributed by atoms with E-state index >= 15 is 0 Å². The van der Waals surface area contributed by atoms with Gasteiger partial charge in [0.05, 0.1) is 25.9 Å². The highest BCUT2D eigenvalue weighted by Gasteiger charge is 2.16. The van der Waals surface area contributed by atoms with Gasteiger partial charge in [0.15, 0.2) is 0 Å². The minimum Gasteiger partial charge on any atom is -0.376 e. The highest BCUT2D eigenvalue weighted by atomic mass is 35.5. The summed E-state index contributed by atoms with van der Waals surface area (Å²) in [5.41, 5.74) is 0.459. The Labute approximate surface area is 116 Å². The van der Waals surface area contributed by atoms with Crippen molar-refractivity contribution in [3.8, 4) is 0 Å². The number of pyridine rings is 1. The maximum Gasteiger partial charge on any atom is 0.251 e. The minimum absolute atomic E-state index is 0.0984. The average Bonchev–Trinajstić information content (AvgIpc) is 2.45. The van der Waals surface area contributed by atoms with Gasteiger partial charge in [-0.1, -0.05) is 11.6 Å². The van der Waals surface area contributed by atoms with Crippen LogP contribution in [-0.2, 0) is 9.47 Å². The predicted octanol–water partition coefficient (Wildman–Crippen LogP) is 0.922. The molecule has 1 amide bonds. The summed E-state index contributed by atoms with van der Waals surface area (Å²) < 4.78 is 10.7. The molecule has 2 heterocycles. The van der Waals surface area contributed by atoms with Gasteiger partial charge in [-0.15, -0.1) is 0 Å². The zero-order chi connectivity index (χ0) is 13.7. The number of ether oxygens (including phenoxy) is 2. The number of halogens is 1. The third kappa shape index (κ3) is 4.05. The van der Waals surface area contributed by atoms with Crippen LogP contribution in [0.1, 0.15) is 10.4 Å². The van der Waals surface area contributed by atoms with Crippen molar-refractivity contribution in [1.82, 2.24) is 10.3 Å². The van der Waals surface area contributed by atoms with Crippen LogP contribution >= 0.6 is 11.6 Å². The lowest BCUT2D eigenvalue weighted by Crippen LogP contribution is -2.39. The molecule has 0 radical (unpaired) electrons. The number of rotatable bonds is 4. The van der Waals surface area contributed by atoms with Gasteiger partial charge in [0.1, 0.15) is 11.0 Å². The van der Waals surface area contributed by atoms with Crippen molar-refractivity contribution < 1.29 is 14.3 Å². The first-order chi connectivity index (χ1) is 9.19. The van der Waals surface area contributed by atoms with Crippen molar-refractivity contribution in [3.63, 3.8) is 0 Å². The molecule has 1 atom stereocenters. The Kier molecular flexibility index (Phi) is 4.95. The number of hydrogen-bond acceptors (Lipinski definition) is 5. The highest BCUT2D eigenvalue weighted by molar-refractivity contribution is 6.29. The van der Waals surface area contributed by atoms with Crippen LogP contribution in [0.15, 0.2) is 12.1 Å². The van der Waals surface area contributed by atoms with Crippen molar-refractivity contribution in [2.75, 3.05) is 38.7 Å². The molecule has 0 aromatic carbocycles. The molecule has 6 nitrogen and oxygen atoms in total. The summed E-state index contributed by atoms with van der Waals surface area (Å²) in [6.45, 7) is 2.08. The van der Waals surface area contributed by atoms with Gasteiger partial charge < -0.3 is 20.1 Å². The molecule has 1 aliphatic rings. The Bertz CT molecular complexity index is 450. The van der Waals surface area contributed by atoms with Gasteiger partial charge in [-0.05, 0) is 12.1 Å². The van der Waals surface area contributed by atoms with Crippen LogP contribution in [0, 0.1) is 0 Å². The van der Waals surface area contributed by atoms with Crippen LogP contribution in [0.3, 0.4) is 0 Å². The molecule has 1 aromatic heterocycles. The Balaban J connectivity index is 1.93. The average molecular weight is 286 g/mol. The number of hydrogen-bond donors (Lipinski definition) is 2. The van der Waals surface area contributed by atoms with E-state index < -0.39 is 0 Å². The smallest absolute Gasteiger partial charge is 0.251 e. The molecule has 0 bridgehead atoms. The van der Waals surface area contributed by atoms with E-state index in [9.17, 15) is 4.79 Å². The van der Waals surface area contributed by atoms with Gasteiger partial charge in [0.2, 0.25) is 0 Å². The zero-order valence-electron chi connectivity index (χ0n) is 10.6. The summed E-state index contributed by atoms with van der Waals surface area (Å²) in [5, 5.41) is 5.91. The van der Waals surface area contributed by atoms with E-state index in [-0.39, 0.29) is 17.2 Å². The maximum absolute atomic E-state index is 12.0. The van der Waals surface area contributed by atoms with Crippen LogP contribution in [0.4, 0.5) is 5.82 Å². The number of carbonyl (C=O) groups is 1. The second-order valence-electron chi connectivity index (χ2n) is 4.09. The Morgan fingerprint density at radius 2 is 2.37 bits per heavy atom. The maximum atomic E-state index is 12.0. The molecule has 2 rings (SSSR count). The monoisotopic (exact) mass is 285 g/mol. The molecule has 0 saturated carbocycles. The van der Waals surface area contributed by atoms with Crippen LogP contribution in [0.25, 0.3) is 0 Å². The first-order valence-corrected chi connectivity index (χ1v) is 6.39. The molecule has 1 aromatic rings. The number of aromatic nitrogens is 1. The van der Waals surface area contributed by atoms with E-state index in [1.54, 1.807) is 13.1 Å². The van der Waals surface area contributed by atoms with E-state index in [0.717, 1.165) is 0 Å². The molecule has 1 fully saturated rings. The summed E-state index contributed by atoms with van der Waals surface area (Å²) in [6, 6.07) is 3.16. The summed E-state index contributed by atoms with van der Waals surface area (Å²) in [7, 11) is 1.72. The quantitative estimate of drug-likeness (QED) is 0.805. The molecule has 19 heavy (non-hydrogen) atoms. The van der Waals surface area contributed by atoms with Crippen LogP contribution < -0.4 is 10.6 Å². The highest BCUT2D eigenvalue weighted by Crippen LogP contribution is 2.14. The second-order valence-corrected chi connectivity index (χ2v) is 4.48. The zero-order valence-corrected chi connectivity index (χ0v) is 11.4. The van der Waals surface area contributed by atoms with Gasteiger partial charge in [0, 0.05) is 19.2 Å². The van der Waals surface area contributed by atoms with E-state index in [4.69, 9.17) is 21.1 Å². The third-order valence-electron chi connectivity index (χ3n) is 2.69. The summed E-state index contributed by atoms with van der Waals surface area (Å²) in [4.78, 5) is 16.0. The van der Waals surface area contributed by atoms with Crippen molar-refractivity contribution in [1.29, 1.82) is 0 Å². The van der Waals surface area contributed by atoms with Gasteiger partial charge in [-0.25, -0.2) is 4.98 Å². The SMILES string of the molecule is CNc1cc(C(=O)NCC2COCCO2)cc(Cl)n1. The molecule has 1 saturated heterocycles. The van der Waals surface area contributed by atoms with E-state index in [2.05, 4.69) is 15.6 Å². The lowest BCUT2D eigenvalue weighted by atomic mass is 10.2. The lowest BCUT2D eigenvalue weighted by Gasteiger charge is -2.23. The first-order valence-electron chi connectivity index (χ1n) is 6.02. The number of carbonyl (C=O) groups excluding carboxylic acids is 1. The number of amides is 1.